The van der Waals surface area contributed by atoms with Gasteiger partial charge in [0.05, 0.1) is 0 Å². The summed E-state index contributed by atoms with van der Waals surface area (Å²) in [5, 5.41) is 19.2. The summed E-state index contributed by atoms with van der Waals surface area (Å²) < 4.78 is 0. The van der Waals surface area contributed by atoms with Crippen molar-refractivity contribution in [2.75, 3.05) is 0 Å². The molecule has 0 saturated carbocycles. The number of hydrogen-bond acceptors (Lipinski definition) is 2. The Labute approximate surface area is 298 Å². The van der Waals surface area contributed by atoms with Gasteiger partial charge in [-0.15, -0.1) is 12.8 Å². The largest absolute Gasteiger partial charge is 0.377 e. The fourth-order valence-corrected chi connectivity index (χ4v) is 5.40. The van der Waals surface area contributed by atoms with Crippen LogP contribution in [0.15, 0.2) is 48.6 Å². The normalized spacial score (nSPS) is 12.6. The maximum atomic E-state index is 9.91. The van der Waals surface area contributed by atoms with Gasteiger partial charge >= 0.3 is 0 Å². The second-order valence-electron chi connectivity index (χ2n) is 12.9. The Balaban J connectivity index is 3.41. The third kappa shape index (κ3) is 39.3. The van der Waals surface area contributed by atoms with Crippen molar-refractivity contribution in [3.05, 3.63) is 48.6 Å². The molecule has 0 aliphatic heterocycles. The van der Waals surface area contributed by atoms with Crippen molar-refractivity contribution >= 4 is 0 Å². The predicted molar refractivity (Wildman–Crippen MR) is 211 cm³/mol. The molecule has 0 amide bonds. The van der Waals surface area contributed by atoms with Crippen molar-refractivity contribution in [1.82, 2.24) is 0 Å². The Morgan fingerprint density at radius 3 is 1.19 bits per heavy atom. The molecule has 0 aromatic heterocycles. The van der Waals surface area contributed by atoms with E-state index in [1.54, 1.807) is 6.08 Å². The minimum atomic E-state index is -0.831. The van der Waals surface area contributed by atoms with E-state index in [0.29, 0.717) is 0 Å². The van der Waals surface area contributed by atoms with Gasteiger partial charge in [-0.3, -0.25) is 0 Å². The maximum Gasteiger partial charge on any atom is 0.176 e. The number of aliphatic hydroxyl groups excluding tert-OH is 2. The van der Waals surface area contributed by atoms with Gasteiger partial charge in [-0.2, -0.15) is 0 Å². The zero-order chi connectivity index (χ0) is 34.9. The third-order valence-corrected chi connectivity index (χ3v) is 8.34. The molecule has 0 saturated heterocycles. The van der Waals surface area contributed by atoms with Crippen LogP contribution in [0.25, 0.3) is 0 Å². The van der Waals surface area contributed by atoms with Crippen LogP contribution in [0.2, 0.25) is 0 Å². The van der Waals surface area contributed by atoms with Gasteiger partial charge in [0.1, 0.15) is 6.10 Å². The van der Waals surface area contributed by atoms with Crippen molar-refractivity contribution in [1.29, 1.82) is 0 Å². The number of allylic oxidation sites excluding steroid dienone is 7. The van der Waals surface area contributed by atoms with Crippen LogP contribution in [0, 0.1) is 48.4 Å². The molecule has 0 unspecified atom stereocenters. The highest BCUT2D eigenvalue weighted by Gasteiger charge is 1.95. The standard InChI is InChI=1S/C46H70O2/c1-3-5-6-7-8-9-10-11-12-13-14-15-16-17-18-19-20-21-22-23-24-25-26-27-28-29-30-34-37-40-43-46(48)44-41-38-35-32-31-33-36-39-42-45(47)4-2/h1-2,5-6,21-22,27-28,39,42,45-48H,7-20,23-26,29-38H2/b6-5-,22-21-,28-27-,42-39+/t45-,46+/m1/s1. The van der Waals surface area contributed by atoms with E-state index in [0.717, 1.165) is 70.6 Å². The SMILES string of the molecule is C#C/C=C\CCCCCCCCCCCCCC/C=C\CCCC/C=C\CCCCC#C[C@H](O)C#CCCCCCC/C=C/[C@H](O)C#C. The summed E-state index contributed by atoms with van der Waals surface area (Å²) >= 11 is 0. The molecule has 0 heterocycles. The van der Waals surface area contributed by atoms with E-state index in [1.165, 1.54) is 109 Å². The molecule has 0 aromatic rings. The molecule has 0 aromatic carbocycles. The van der Waals surface area contributed by atoms with Crippen molar-refractivity contribution in [2.24, 2.45) is 0 Å². The van der Waals surface area contributed by atoms with Crippen molar-refractivity contribution in [3.8, 4) is 48.4 Å². The zero-order valence-corrected chi connectivity index (χ0v) is 30.6. The summed E-state index contributed by atoms with van der Waals surface area (Å²) in [7, 11) is 0. The lowest BCUT2D eigenvalue weighted by molar-refractivity contribution is 0.280. The average molecular weight is 655 g/mol. The molecule has 2 nitrogen and oxygen atoms in total. The van der Waals surface area contributed by atoms with Gasteiger partial charge in [0.25, 0.3) is 0 Å². The van der Waals surface area contributed by atoms with E-state index in [2.05, 4.69) is 65.9 Å². The van der Waals surface area contributed by atoms with Gasteiger partial charge in [-0.1, -0.05) is 149 Å². The summed E-state index contributed by atoms with van der Waals surface area (Å²) in [5.41, 5.74) is 0. The van der Waals surface area contributed by atoms with Crippen molar-refractivity contribution < 1.29 is 10.2 Å². The van der Waals surface area contributed by atoms with Gasteiger partial charge in [0, 0.05) is 12.8 Å². The fourth-order valence-electron chi connectivity index (χ4n) is 5.40. The molecule has 0 rings (SSSR count). The number of aliphatic hydroxyl groups is 2. The van der Waals surface area contributed by atoms with Crippen LogP contribution >= 0.6 is 0 Å². The molecule has 2 heteroatoms. The lowest BCUT2D eigenvalue weighted by atomic mass is 10.0. The van der Waals surface area contributed by atoms with Crippen molar-refractivity contribution in [2.45, 2.75) is 192 Å². The summed E-state index contributed by atoms with van der Waals surface area (Å²) in [4.78, 5) is 0. The molecule has 2 atom stereocenters. The van der Waals surface area contributed by atoms with E-state index >= 15 is 0 Å². The number of unbranched alkanes of at least 4 members (excludes halogenated alkanes) is 24. The lowest BCUT2D eigenvalue weighted by Gasteiger charge is -2.02. The lowest BCUT2D eigenvalue weighted by Crippen LogP contribution is -1.97. The minimum absolute atomic E-state index is 0.768. The molecule has 0 aliphatic rings. The van der Waals surface area contributed by atoms with Crippen LogP contribution in [0.4, 0.5) is 0 Å². The molecule has 0 radical (unpaired) electrons. The van der Waals surface area contributed by atoms with Crippen LogP contribution in [0.1, 0.15) is 180 Å². The van der Waals surface area contributed by atoms with E-state index < -0.39 is 12.2 Å². The number of hydrogen-bond donors (Lipinski definition) is 2. The second kappa shape index (κ2) is 40.3. The monoisotopic (exact) mass is 655 g/mol. The minimum Gasteiger partial charge on any atom is -0.377 e. The average Bonchev–Trinajstić information content (AvgIpc) is 3.09. The summed E-state index contributed by atoms with van der Waals surface area (Å²) in [6.45, 7) is 0. The van der Waals surface area contributed by atoms with Gasteiger partial charge < -0.3 is 10.2 Å². The van der Waals surface area contributed by atoms with Crippen LogP contribution < -0.4 is 0 Å². The molecule has 48 heavy (non-hydrogen) atoms. The number of rotatable bonds is 31. The molecule has 0 bridgehead atoms. The fraction of sp³-hybridized carbons (Fsp3) is 0.652. The Morgan fingerprint density at radius 2 is 0.750 bits per heavy atom. The van der Waals surface area contributed by atoms with Gasteiger partial charge in [0.15, 0.2) is 6.10 Å². The highest BCUT2D eigenvalue weighted by atomic mass is 16.3. The van der Waals surface area contributed by atoms with E-state index in [4.69, 9.17) is 12.8 Å². The van der Waals surface area contributed by atoms with Gasteiger partial charge in [-0.25, -0.2) is 0 Å². The van der Waals surface area contributed by atoms with Gasteiger partial charge in [-0.05, 0) is 102 Å². The molecule has 0 spiro atoms. The second-order valence-corrected chi connectivity index (χ2v) is 12.9. The van der Waals surface area contributed by atoms with Crippen LogP contribution in [0.5, 0.6) is 0 Å². The zero-order valence-electron chi connectivity index (χ0n) is 30.6. The first-order valence-corrected chi connectivity index (χ1v) is 19.6. The first-order valence-electron chi connectivity index (χ1n) is 19.6. The number of terminal acetylenes is 2. The first-order chi connectivity index (χ1) is 23.7. The smallest absolute Gasteiger partial charge is 0.176 e. The highest BCUT2D eigenvalue weighted by Crippen LogP contribution is 2.14. The molecule has 0 fully saturated rings. The van der Waals surface area contributed by atoms with E-state index in [9.17, 15) is 10.2 Å². The molecular formula is C46H70O2. The Kier molecular flexibility index (Phi) is 37.9. The predicted octanol–water partition coefficient (Wildman–Crippen LogP) is 12.1. The first kappa shape index (κ1) is 45.1. The Morgan fingerprint density at radius 1 is 0.417 bits per heavy atom. The van der Waals surface area contributed by atoms with E-state index in [1.807, 2.05) is 12.2 Å². The Hall–Kier alpha value is -2.88. The topological polar surface area (TPSA) is 40.5 Å². The van der Waals surface area contributed by atoms with Crippen molar-refractivity contribution in [3.63, 3.8) is 0 Å². The summed E-state index contributed by atoms with van der Waals surface area (Å²) in [6, 6.07) is 0. The molecule has 0 aliphatic carbocycles. The quantitative estimate of drug-likeness (QED) is 0.0444. The van der Waals surface area contributed by atoms with Crippen LogP contribution in [0.3, 0.4) is 0 Å². The maximum absolute atomic E-state index is 9.91. The van der Waals surface area contributed by atoms with Crippen LogP contribution in [-0.2, 0) is 0 Å². The van der Waals surface area contributed by atoms with Crippen LogP contribution in [-0.4, -0.2) is 22.4 Å². The molecular weight excluding hydrogens is 585 g/mol. The molecule has 2 N–H and O–H groups in total. The summed E-state index contributed by atoms with van der Waals surface area (Å²) in [5.74, 6) is 16.6. The highest BCUT2D eigenvalue weighted by molar-refractivity contribution is 5.19. The summed E-state index contributed by atoms with van der Waals surface area (Å²) in [6.07, 6.45) is 59.9. The third-order valence-electron chi connectivity index (χ3n) is 8.34. The van der Waals surface area contributed by atoms with E-state index in [-0.39, 0.29) is 0 Å². The Bertz CT molecular complexity index is 1020. The molecule has 266 valence electrons. The van der Waals surface area contributed by atoms with Gasteiger partial charge in [0.2, 0.25) is 0 Å².